The van der Waals surface area contributed by atoms with Crippen molar-refractivity contribution >= 4 is 33.8 Å². The fraction of sp³-hybridized carbons (Fsp3) is 0.250. The summed E-state index contributed by atoms with van der Waals surface area (Å²) in [6.07, 6.45) is 0.942. The average Bonchev–Trinajstić information content (AvgIpc) is 2.76. The summed E-state index contributed by atoms with van der Waals surface area (Å²) >= 11 is 6.66. The van der Waals surface area contributed by atoms with E-state index in [9.17, 15) is 0 Å². The lowest BCUT2D eigenvalue weighted by molar-refractivity contribution is 0.873. The lowest BCUT2D eigenvalue weighted by atomic mass is 10.1. The van der Waals surface area contributed by atoms with Crippen molar-refractivity contribution in [3.05, 3.63) is 40.9 Å². The van der Waals surface area contributed by atoms with Gasteiger partial charge in [-0.2, -0.15) is 0 Å². The van der Waals surface area contributed by atoms with E-state index in [0.717, 1.165) is 23.1 Å². The standard InChI is InChI=1S/C12H14N4S2/c1-9-15-16-12(18-9)14-11(17)13-8-7-10-5-3-2-4-6-10/h2-6H,7-8H2,1H3,(H2,13,14,16,17). The van der Waals surface area contributed by atoms with Crippen molar-refractivity contribution < 1.29 is 0 Å². The van der Waals surface area contributed by atoms with Gasteiger partial charge in [0.25, 0.3) is 0 Å². The first-order chi connectivity index (χ1) is 8.74. The highest BCUT2D eigenvalue weighted by atomic mass is 32.1. The Morgan fingerprint density at radius 1 is 1.28 bits per heavy atom. The molecule has 0 spiro atoms. The number of hydrogen-bond acceptors (Lipinski definition) is 4. The highest BCUT2D eigenvalue weighted by Crippen LogP contribution is 2.13. The van der Waals surface area contributed by atoms with Gasteiger partial charge >= 0.3 is 0 Å². The van der Waals surface area contributed by atoms with E-state index in [0.29, 0.717) is 5.11 Å². The summed E-state index contributed by atoms with van der Waals surface area (Å²) in [5, 5.41) is 16.3. The van der Waals surface area contributed by atoms with Crippen LogP contribution in [0.15, 0.2) is 30.3 Å². The molecule has 0 amide bonds. The first-order valence-electron chi connectivity index (χ1n) is 5.63. The summed E-state index contributed by atoms with van der Waals surface area (Å²) in [5.41, 5.74) is 1.29. The van der Waals surface area contributed by atoms with Crippen LogP contribution in [-0.4, -0.2) is 21.9 Å². The molecule has 0 atom stereocenters. The Kier molecular flexibility index (Phi) is 4.60. The Bertz CT molecular complexity index is 510. The van der Waals surface area contributed by atoms with Crippen LogP contribution in [0.3, 0.4) is 0 Å². The summed E-state index contributed by atoms with van der Waals surface area (Å²) in [4.78, 5) is 0. The minimum absolute atomic E-state index is 0.585. The molecule has 0 aliphatic carbocycles. The van der Waals surface area contributed by atoms with Crippen LogP contribution in [0.1, 0.15) is 10.6 Å². The second kappa shape index (κ2) is 6.42. The van der Waals surface area contributed by atoms with Crippen LogP contribution in [0.2, 0.25) is 0 Å². The Hall–Kier alpha value is -1.53. The summed E-state index contributed by atoms with van der Waals surface area (Å²) in [6.45, 7) is 2.71. The molecule has 0 saturated carbocycles. The maximum absolute atomic E-state index is 5.18. The smallest absolute Gasteiger partial charge is 0.211 e. The van der Waals surface area contributed by atoms with Crippen molar-refractivity contribution in [1.29, 1.82) is 0 Å². The van der Waals surface area contributed by atoms with Gasteiger partial charge < -0.3 is 10.6 Å². The molecule has 2 rings (SSSR count). The highest BCUT2D eigenvalue weighted by Gasteiger charge is 2.02. The molecular formula is C12H14N4S2. The minimum atomic E-state index is 0.585. The van der Waals surface area contributed by atoms with Crippen LogP contribution >= 0.6 is 23.6 Å². The van der Waals surface area contributed by atoms with Gasteiger partial charge in [0, 0.05) is 6.54 Å². The largest absolute Gasteiger partial charge is 0.362 e. The number of nitrogens with zero attached hydrogens (tertiary/aromatic N) is 2. The molecule has 0 aliphatic rings. The molecule has 18 heavy (non-hydrogen) atoms. The summed E-state index contributed by atoms with van der Waals surface area (Å²) in [5.74, 6) is 0. The zero-order valence-corrected chi connectivity index (χ0v) is 11.6. The Labute approximate surface area is 115 Å². The maximum Gasteiger partial charge on any atom is 0.211 e. The molecule has 1 heterocycles. The molecule has 0 saturated heterocycles. The van der Waals surface area contributed by atoms with Crippen LogP contribution in [-0.2, 0) is 6.42 Å². The van der Waals surface area contributed by atoms with Crippen molar-refractivity contribution in [3.63, 3.8) is 0 Å². The topological polar surface area (TPSA) is 49.8 Å². The monoisotopic (exact) mass is 278 g/mol. The third kappa shape index (κ3) is 4.05. The second-order valence-electron chi connectivity index (χ2n) is 3.74. The maximum atomic E-state index is 5.18. The number of nitrogens with one attached hydrogen (secondary N) is 2. The van der Waals surface area contributed by atoms with Gasteiger partial charge in [-0.05, 0) is 31.1 Å². The molecular weight excluding hydrogens is 264 g/mol. The van der Waals surface area contributed by atoms with E-state index < -0.39 is 0 Å². The van der Waals surface area contributed by atoms with Gasteiger partial charge in [-0.25, -0.2) is 0 Å². The van der Waals surface area contributed by atoms with Crippen molar-refractivity contribution in [2.24, 2.45) is 0 Å². The van der Waals surface area contributed by atoms with E-state index in [1.54, 1.807) is 0 Å². The number of aryl methyl sites for hydroxylation is 1. The van der Waals surface area contributed by atoms with Gasteiger partial charge in [-0.1, -0.05) is 41.7 Å². The first kappa shape index (κ1) is 12.9. The summed E-state index contributed by atoms with van der Waals surface area (Å²) in [7, 11) is 0. The van der Waals surface area contributed by atoms with Crippen LogP contribution in [0, 0.1) is 6.92 Å². The Morgan fingerprint density at radius 3 is 2.72 bits per heavy atom. The number of anilines is 1. The molecule has 94 valence electrons. The van der Waals surface area contributed by atoms with Crippen LogP contribution in [0.4, 0.5) is 5.13 Å². The fourth-order valence-corrected chi connectivity index (χ4v) is 2.31. The summed E-state index contributed by atoms with van der Waals surface area (Å²) < 4.78 is 0. The van der Waals surface area contributed by atoms with Gasteiger partial charge in [0.1, 0.15) is 5.01 Å². The first-order valence-corrected chi connectivity index (χ1v) is 6.85. The zero-order valence-electron chi connectivity index (χ0n) is 10.0. The van der Waals surface area contributed by atoms with E-state index in [2.05, 4.69) is 33.0 Å². The lowest BCUT2D eigenvalue weighted by Crippen LogP contribution is -2.30. The molecule has 1 aromatic carbocycles. The zero-order chi connectivity index (χ0) is 12.8. The molecule has 0 radical (unpaired) electrons. The van der Waals surface area contributed by atoms with Crippen molar-refractivity contribution in [2.75, 3.05) is 11.9 Å². The number of aromatic nitrogens is 2. The van der Waals surface area contributed by atoms with Crippen LogP contribution in [0.5, 0.6) is 0 Å². The fourth-order valence-electron chi connectivity index (χ4n) is 1.45. The third-order valence-electron chi connectivity index (χ3n) is 2.29. The van der Waals surface area contributed by atoms with E-state index >= 15 is 0 Å². The molecule has 1 aromatic heterocycles. The Balaban J connectivity index is 1.72. The third-order valence-corrected chi connectivity index (χ3v) is 3.29. The van der Waals surface area contributed by atoms with E-state index in [1.807, 2.05) is 25.1 Å². The second-order valence-corrected chi connectivity index (χ2v) is 5.33. The van der Waals surface area contributed by atoms with E-state index in [4.69, 9.17) is 12.2 Å². The lowest BCUT2D eigenvalue weighted by Gasteiger charge is -2.07. The van der Waals surface area contributed by atoms with Crippen LogP contribution in [0.25, 0.3) is 0 Å². The predicted octanol–water partition coefficient (Wildman–Crippen LogP) is 2.38. The number of rotatable bonds is 4. The number of thiocarbonyl (C=S) groups is 1. The van der Waals surface area contributed by atoms with Gasteiger partial charge in [-0.15, -0.1) is 10.2 Å². The average molecular weight is 278 g/mol. The number of hydrogen-bond donors (Lipinski definition) is 2. The summed E-state index contributed by atoms with van der Waals surface area (Å²) in [6, 6.07) is 10.3. The molecule has 2 N–H and O–H groups in total. The molecule has 0 fully saturated rings. The number of benzene rings is 1. The van der Waals surface area contributed by atoms with Gasteiger partial charge in [-0.3, -0.25) is 0 Å². The normalized spacial score (nSPS) is 10.1. The van der Waals surface area contributed by atoms with E-state index in [1.165, 1.54) is 16.9 Å². The van der Waals surface area contributed by atoms with E-state index in [-0.39, 0.29) is 0 Å². The molecule has 0 bridgehead atoms. The van der Waals surface area contributed by atoms with Crippen molar-refractivity contribution in [1.82, 2.24) is 15.5 Å². The molecule has 0 unspecified atom stereocenters. The van der Waals surface area contributed by atoms with Gasteiger partial charge in [0.05, 0.1) is 0 Å². The van der Waals surface area contributed by atoms with Crippen molar-refractivity contribution in [2.45, 2.75) is 13.3 Å². The minimum Gasteiger partial charge on any atom is -0.362 e. The molecule has 4 nitrogen and oxygen atoms in total. The molecule has 6 heteroatoms. The SMILES string of the molecule is Cc1nnc(NC(=S)NCCc2ccccc2)s1. The Morgan fingerprint density at radius 2 is 2.06 bits per heavy atom. The van der Waals surface area contributed by atoms with Gasteiger partial charge in [0.15, 0.2) is 5.11 Å². The predicted molar refractivity (Wildman–Crippen MR) is 79.0 cm³/mol. The molecule has 2 aromatic rings. The molecule has 0 aliphatic heterocycles. The quantitative estimate of drug-likeness (QED) is 0.841. The highest BCUT2D eigenvalue weighted by molar-refractivity contribution is 7.80. The van der Waals surface area contributed by atoms with Gasteiger partial charge in [0.2, 0.25) is 5.13 Å². The van der Waals surface area contributed by atoms with Crippen molar-refractivity contribution in [3.8, 4) is 0 Å². The van der Waals surface area contributed by atoms with Crippen LogP contribution < -0.4 is 10.6 Å².